The minimum absolute atomic E-state index is 0.0329. The summed E-state index contributed by atoms with van der Waals surface area (Å²) in [5.41, 5.74) is 0.541. The van der Waals surface area contributed by atoms with Gasteiger partial charge in [0, 0.05) is 30.6 Å². The predicted octanol–water partition coefficient (Wildman–Crippen LogP) is 4.56. The first-order valence-electron chi connectivity index (χ1n) is 11.1. The number of aromatic nitrogens is 1. The zero-order chi connectivity index (χ0) is 25.4. The smallest absolute Gasteiger partial charge is 0.404 e. The molecule has 5 rings (SSSR count). The van der Waals surface area contributed by atoms with E-state index in [-0.39, 0.29) is 34.3 Å². The number of likely N-dealkylation sites (tertiary alicyclic amines) is 1. The van der Waals surface area contributed by atoms with Crippen molar-refractivity contribution in [3.05, 3.63) is 87.5 Å². The number of rotatable bonds is 5. The van der Waals surface area contributed by atoms with Crippen LogP contribution in [0.25, 0.3) is 15.9 Å². The van der Waals surface area contributed by atoms with Gasteiger partial charge in [-0.15, -0.1) is 11.3 Å². The Labute approximate surface area is 207 Å². The summed E-state index contributed by atoms with van der Waals surface area (Å²) in [5, 5.41) is 14.8. The molecular formula is C25H20F2N4O4S. The molecule has 3 N–H and O–H groups in total. The number of anilines is 2. The summed E-state index contributed by atoms with van der Waals surface area (Å²) in [7, 11) is 0. The summed E-state index contributed by atoms with van der Waals surface area (Å²) in [5.74, 6) is -1.96. The first-order valence-corrected chi connectivity index (χ1v) is 11.9. The molecule has 1 atom stereocenters. The lowest BCUT2D eigenvalue weighted by Gasteiger charge is -2.17. The Bertz CT molecular complexity index is 1540. The third kappa shape index (κ3) is 4.40. The summed E-state index contributed by atoms with van der Waals surface area (Å²) < 4.78 is 29.5. The van der Waals surface area contributed by atoms with Crippen molar-refractivity contribution in [3.8, 4) is 5.69 Å². The molecule has 2 aromatic carbocycles. The van der Waals surface area contributed by atoms with E-state index in [1.807, 2.05) is 6.07 Å². The third-order valence-electron chi connectivity index (χ3n) is 5.94. The third-order valence-corrected chi connectivity index (χ3v) is 7.12. The molecule has 11 heteroatoms. The molecular weight excluding hydrogens is 490 g/mol. The van der Waals surface area contributed by atoms with Gasteiger partial charge in [0.15, 0.2) is 0 Å². The summed E-state index contributed by atoms with van der Waals surface area (Å²) >= 11 is 1.07. The zero-order valence-electron chi connectivity index (χ0n) is 18.7. The molecule has 0 aliphatic carbocycles. The summed E-state index contributed by atoms with van der Waals surface area (Å²) in [6.07, 6.45) is -0.718. The quantitative estimate of drug-likeness (QED) is 0.365. The number of nitrogens with zero attached hydrogens (tertiary/aromatic N) is 2. The summed E-state index contributed by atoms with van der Waals surface area (Å²) in [6, 6.07) is 14.5. The largest absolute Gasteiger partial charge is 0.465 e. The molecule has 1 saturated heterocycles. The van der Waals surface area contributed by atoms with Gasteiger partial charge >= 0.3 is 6.09 Å². The summed E-state index contributed by atoms with van der Waals surface area (Å²) in [4.78, 5) is 39.7. The second-order valence-corrected chi connectivity index (χ2v) is 9.30. The van der Waals surface area contributed by atoms with E-state index in [4.69, 9.17) is 5.11 Å². The fourth-order valence-corrected chi connectivity index (χ4v) is 5.52. The average Bonchev–Trinajstić information content (AvgIpc) is 3.45. The Balaban J connectivity index is 1.64. The second-order valence-electron chi connectivity index (χ2n) is 8.30. The average molecular weight is 511 g/mol. The molecule has 1 aliphatic rings. The van der Waals surface area contributed by atoms with Crippen molar-refractivity contribution in [1.82, 2.24) is 14.8 Å². The van der Waals surface area contributed by atoms with Crippen molar-refractivity contribution in [1.29, 1.82) is 0 Å². The van der Waals surface area contributed by atoms with Crippen LogP contribution in [-0.4, -0.2) is 45.7 Å². The van der Waals surface area contributed by atoms with Crippen LogP contribution < -0.4 is 16.2 Å². The number of pyridine rings is 1. The van der Waals surface area contributed by atoms with Crippen LogP contribution in [0.5, 0.6) is 0 Å². The van der Waals surface area contributed by atoms with Crippen LogP contribution in [0.15, 0.2) is 65.5 Å². The van der Waals surface area contributed by atoms with Crippen LogP contribution in [0.4, 0.5) is 25.0 Å². The highest BCUT2D eigenvalue weighted by atomic mass is 32.1. The van der Waals surface area contributed by atoms with Gasteiger partial charge in [-0.1, -0.05) is 18.2 Å². The molecule has 2 amide bonds. The molecule has 1 aliphatic heterocycles. The number of carboxylic acid groups (broad SMARTS) is 1. The van der Waals surface area contributed by atoms with Gasteiger partial charge in [-0.2, -0.15) is 0 Å². The number of amides is 2. The van der Waals surface area contributed by atoms with Gasteiger partial charge in [0.05, 0.1) is 23.1 Å². The van der Waals surface area contributed by atoms with Gasteiger partial charge in [0.1, 0.15) is 21.3 Å². The van der Waals surface area contributed by atoms with E-state index in [0.29, 0.717) is 28.9 Å². The molecule has 36 heavy (non-hydrogen) atoms. The van der Waals surface area contributed by atoms with E-state index < -0.39 is 23.8 Å². The minimum atomic E-state index is -1.17. The number of halogens is 2. The first-order chi connectivity index (χ1) is 17.3. The van der Waals surface area contributed by atoms with Gasteiger partial charge in [0.25, 0.3) is 11.5 Å². The number of nitrogens with one attached hydrogen (secondary N) is 2. The lowest BCUT2D eigenvalue weighted by molar-refractivity contribution is 0.0794. The maximum absolute atomic E-state index is 14.5. The molecule has 184 valence electrons. The van der Waals surface area contributed by atoms with E-state index in [1.165, 1.54) is 21.6 Å². The Morgan fingerprint density at radius 1 is 1.06 bits per heavy atom. The van der Waals surface area contributed by atoms with Crippen LogP contribution in [0.2, 0.25) is 0 Å². The fraction of sp³-hybridized carbons (Fsp3) is 0.160. The molecule has 1 fully saturated rings. The van der Waals surface area contributed by atoms with Crippen molar-refractivity contribution < 1.29 is 23.5 Å². The number of thiophene rings is 1. The Morgan fingerprint density at radius 2 is 1.83 bits per heavy atom. The first kappa shape index (κ1) is 23.5. The van der Waals surface area contributed by atoms with Gasteiger partial charge in [-0.3, -0.25) is 14.2 Å². The number of hydrogen-bond donors (Lipinski definition) is 3. The van der Waals surface area contributed by atoms with Crippen LogP contribution in [0.1, 0.15) is 16.1 Å². The van der Waals surface area contributed by atoms with Gasteiger partial charge in [-0.05, 0) is 36.8 Å². The number of carbonyl (C=O) groups excluding carboxylic acids is 1. The molecule has 0 spiro atoms. The molecule has 2 aromatic heterocycles. The predicted molar refractivity (Wildman–Crippen MR) is 133 cm³/mol. The maximum atomic E-state index is 14.5. The fourth-order valence-electron chi connectivity index (χ4n) is 4.28. The minimum Gasteiger partial charge on any atom is -0.465 e. The highest BCUT2D eigenvalue weighted by molar-refractivity contribution is 7.21. The van der Waals surface area contributed by atoms with Crippen LogP contribution >= 0.6 is 11.3 Å². The number of hydrogen-bond acceptors (Lipinski definition) is 5. The van der Waals surface area contributed by atoms with Gasteiger partial charge in [0.2, 0.25) is 0 Å². The van der Waals surface area contributed by atoms with E-state index >= 15 is 0 Å². The zero-order valence-corrected chi connectivity index (χ0v) is 19.5. The van der Waals surface area contributed by atoms with E-state index in [2.05, 4.69) is 10.6 Å². The number of para-hydroxylation sites is 1. The molecule has 0 saturated carbocycles. The monoisotopic (exact) mass is 510 g/mol. The van der Waals surface area contributed by atoms with Crippen LogP contribution in [0, 0.1) is 11.6 Å². The van der Waals surface area contributed by atoms with Gasteiger partial charge < -0.3 is 20.6 Å². The lowest BCUT2D eigenvalue weighted by Crippen LogP contribution is -2.37. The van der Waals surface area contributed by atoms with Crippen LogP contribution in [-0.2, 0) is 0 Å². The number of fused-ring (bicyclic) bond motifs is 1. The van der Waals surface area contributed by atoms with Crippen LogP contribution in [0.3, 0.4) is 0 Å². The van der Waals surface area contributed by atoms with Crippen molar-refractivity contribution in [2.45, 2.75) is 12.5 Å². The molecule has 8 nitrogen and oxygen atoms in total. The highest BCUT2D eigenvalue weighted by Gasteiger charge is 2.31. The number of benzene rings is 2. The molecule has 0 bridgehead atoms. The molecule has 3 heterocycles. The second kappa shape index (κ2) is 9.42. The standard InChI is InChI=1S/C25H20F2N4O4S/c26-14-6-8-19(18(27)12-14)29-21-17-7-9-20(32)31(16-4-2-1-3-5-16)24(17)36-22(21)23(33)30-11-10-15(13-30)28-25(34)35/h1-9,12,15,28-29H,10-11,13H2,(H,34,35). The molecule has 1 unspecified atom stereocenters. The Hall–Kier alpha value is -4.25. The molecule has 0 radical (unpaired) electrons. The maximum Gasteiger partial charge on any atom is 0.404 e. The van der Waals surface area contributed by atoms with Crippen molar-refractivity contribution >= 4 is 44.9 Å². The number of carbonyl (C=O) groups is 2. The summed E-state index contributed by atoms with van der Waals surface area (Å²) in [6.45, 7) is 0.503. The topological polar surface area (TPSA) is 104 Å². The normalized spacial score (nSPS) is 15.3. The van der Waals surface area contributed by atoms with E-state index in [0.717, 1.165) is 23.5 Å². The highest BCUT2D eigenvalue weighted by Crippen LogP contribution is 2.39. The van der Waals surface area contributed by atoms with E-state index in [1.54, 1.807) is 30.3 Å². The Kier molecular flexibility index (Phi) is 6.15. The van der Waals surface area contributed by atoms with Crippen molar-refractivity contribution in [2.75, 3.05) is 18.4 Å². The van der Waals surface area contributed by atoms with Crippen molar-refractivity contribution in [3.63, 3.8) is 0 Å². The van der Waals surface area contributed by atoms with Crippen molar-refractivity contribution in [2.24, 2.45) is 0 Å². The molecule has 4 aromatic rings. The Morgan fingerprint density at radius 3 is 2.56 bits per heavy atom. The van der Waals surface area contributed by atoms with E-state index in [9.17, 15) is 23.2 Å². The SMILES string of the molecule is O=C(O)NC1CCN(C(=O)c2sc3c(ccc(=O)n3-c3ccccc3)c2Nc2ccc(F)cc2F)C1. The van der Waals surface area contributed by atoms with Gasteiger partial charge in [-0.25, -0.2) is 13.6 Å². The lowest BCUT2D eigenvalue weighted by atomic mass is 10.2.